The minimum atomic E-state index is -1.11. The smallest absolute Gasteiger partial charge is 0.185 e. The Morgan fingerprint density at radius 1 is 0.893 bits per heavy atom. The predicted molar refractivity (Wildman–Crippen MR) is 102 cm³/mol. The number of hydrogen-bond acceptors (Lipinski definition) is 6. The molecular weight excluding hydrogens is 407 g/mol. The lowest BCUT2D eigenvalue weighted by Gasteiger charge is -2.37. The third kappa shape index (κ3) is 4.20. The Hall–Kier alpha value is -1.22. The van der Waals surface area contributed by atoms with Crippen LogP contribution in [-0.4, -0.2) is 47.8 Å². The first-order valence-corrected chi connectivity index (χ1v) is 9.68. The largest absolute Gasteiger partial charge is 0.394 e. The zero-order valence-electron chi connectivity index (χ0n) is 14.8. The molecule has 4 rings (SSSR count). The van der Waals surface area contributed by atoms with Gasteiger partial charge in [-0.3, -0.25) is 0 Å². The van der Waals surface area contributed by atoms with E-state index in [0.29, 0.717) is 15.6 Å². The number of ether oxygens (including phenoxy) is 4. The molecule has 2 aliphatic rings. The van der Waals surface area contributed by atoms with Gasteiger partial charge in [0.25, 0.3) is 0 Å². The van der Waals surface area contributed by atoms with Gasteiger partial charge in [0.05, 0.1) is 13.2 Å². The summed E-state index contributed by atoms with van der Waals surface area (Å²) in [6.07, 6.45) is -4.87. The molecule has 6 atom stereocenters. The fourth-order valence-electron chi connectivity index (χ4n) is 3.39. The summed E-state index contributed by atoms with van der Waals surface area (Å²) in [7, 11) is 0. The molecule has 0 saturated carbocycles. The summed E-state index contributed by atoms with van der Waals surface area (Å²) in [5.41, 5.74) is 1.41. The van der Waals surface area contributed by atoms with Gasteiger partial charge in [-0.2, -0.15) is 0 Å². The zero-order chi connectivity index (χ0) is 19.7. The maximum atomic E-state index is 10.8. The molecule has 2 heterocycles. The molecule has 2 saturated heterocycles. The second-order valence-electron chi connectivity index (χ2n) is 6.73. The standard InChI is InChI=1S/C20H20Cl2O6/c21-13-5-1-3-11(7-13)19-25-10-16-18(28-19)17(24)15(9-23)26-20(27-16)12-4-2-6-14(22)8-12/h1-8,15-20,23-24H,9-10H2/t15-,16+,17-,18-,19?,20?/m0/s1. The maximum absolute atomic E-state index is 10.8. The molecule has 0 radical (unpaired) electrons. The number of halogens is 2. The van der Waals surface area contributed by atoms with E-state index in [4.69, 9.17) is 42.1 Å². The Morgan fingerprint density at radius 2 is 1.54 bits per heavy atom. The fourth-order valence-corrected chi connectivity index (χ4v) is 3.79. The van der Waals surface area contributed by atoms with Crippen molar-refractivity contribution in [2.24, 2.45) is 0 Å². The quantitative estimate of drug-likeness (QED) is 0.784. The van der Waals surface area contributed by atoms with Gasteiger partial charge in [-0.05, 0) is 24.3 Å². The molecule has 0 aromatic heterocycles. The third-order valence-electron chi connectivity index (χ3n) is 4.79. The van der Waals surface area contributed by atoms with Crippen molar-refractivity contribution in [2.75, 3.05) is 13.2 Å². The van der Waals surface area contributed by atoms with E-state index in [1.54, 1.807) is 42.5 Å². The van der Waals surface area contributed by atoms with Crippen molar-refractivity contribution >= 4 is 23.2 Å². The molecule has 2 aromatic carbocycles. The summed E-state index contributed by atoms with van der Waals surface area (Å²) in [5.74, 6) is 0. The van der Waals surface area contributed by atoms with Crippen LogP contribution in [0.1, 0.15) is 23.7 Å². The van der Waals surface area contributed by atoms with Crippen molar-refractivity contribution in [3.05, 3.63) is 69.7 Å². The average Bonchev–Trinajstić information content (AvgIpc) is 2.84. The second-order valence-corrected chi connectivity index (χ2v) is 7.60. The minimum absolute atomic E-state index is 0.178. The van der Waals surface area contributed by atoms with Crippen LogP contribution in [0, 0.1) is 0 Å². The van der Waals surface area contributed by atoms with Crippen molar-refractivity contribution in [2.45, 2.75) is 37.0 Å². The molecule has 2 fully saturated rings. The second kappa shape index (κ2) is 8.65. The average molecular weight is 427 g/mol. The maximum Gasteiger partial charge on any atom is 0.185 e. The summed E-state index contributed by atoms with van der Waals surface area (Å²) in [4.78, 5) is 0. The molecule has 0 spiro atoms. The van der Waals surface area contributed by atoms with Crippen molar-refractivity contribution in [3.63, 3.8) is 0 Å². The first kappa shape index (κ1) is 20.1. The van der Waals surface area contributed by atoms with Crippen molar-refractivity contribution in [1.29, 1.82) is 0 Å². The molecule has 0 bridgehead atoms. The van der Waals surface area contributed by atoms with Gasteiger partial charge in [0.1, 0.15) is 24.4 Å². The third-order valence-corrected chi connectivity index (χ3v) is 5.27. The summed E-state index contributed by atoms with van der Waals surface area (Å²) < 4.78 is 23.7. The van der Waals surface area contributed by atoms with Crippen LogP contribution in [0.3, 0.4) is 0 Å². The summed E-state index contributed by atoms with van der Waals surface area (Å²) in [6, 6.07) is 14.2. The van der Waals surface area contributed by atoms with Crippen molar-refractivity contribution < 1.29 is 29.2 Å². The molecule has 0 amide bonds. The highest BCUT2D eigenvalue weighted by atomic mass is 35.5. The van der Waals surface area contributed by atoms with E-state index in [2.05, 4.69) is 0 Å². The Balaban J connectivity index is 1.58. The van der Waals surface area contributed by atoms with Gasteiger partial charge >= 0.3 is 0 Å². The van der Waals surface area contributed by atoms with Crippen LogP contribution < -0.4 is 0 Å². The van der Waals surface area contributed by atoms with Crippen LogP contribution in [0.25, 0.3) is 0 Å². The Labute approximate surface area is 172 Å². The number of rotatable bonds is 3. The van der Waals surface area contributed by atoms with Gasteiger partial charge in [-0.15, -0.1) is 0 Å². The highest BCUT2D eigenvalue weighted by Gasteiger charge is 2.46. The molecule has 6 nitrogen and oxygen atoms in total. The Bertz CT molecular complexity index is 819. The molecule has 8 heteroatoms. The van der Waals surface area contributed by atoms with Crippen LogP contribution in [0.4, 0.5) is 0 Å². The first-order valence-electron chi connectivity index (χ1n) is 8.93. The number of aliphatic hydroxyl groups excluding tert-OH is 2. The lowest BCUT2D eigenvalue weighted by molar-refractivity contribution is -0.289. The molecule has 0 aliphatic carbocycles. The number of hydrogen-bond donors (Lipinski definition) is 2. The van der Waals surface area contributed by atoms with Gasteiger partial charge in [0.15, 0.2) is 12.6 Å². The molecule has 2 N–H and O–H groups in total. The van der Waals surface area contributed by atoms with Crippen molar-refractivity contribution in [1.82, 2.24) is 0 Å². The molecule has 28 heavy (non-hydrogen) atoms. The van der Waals surface area contributed by atoms with E-state index in [9.17, 15) is 10.2 Å². The highest BCUT2D eigenvalue weighted by Crippen LogP contribution is 2.37. The van der Waals surface area contributed by atoms with Gasteiger partial charge in [0.2, 0.25) is 0 Å². The lowest BCUT2D eigenvalue weighted by atomic mass is 10.0. The fraction of sp³-hybridized carbons (Fsp3) is 0.400. The van der Waals surface area contributed by atoms with Crippen LogP contribution in [-0.2, 0) is 18.9 Å². The van der Waals surface area contributed by atoms with E-state index in [0.717, 1.165) is 5.56 Å². The van der Waals surface area contributed by atoms with Crippen LogP contribution in [0.2, 0.25) is 10.0 Å². The van der Waals surface area contributed by atoms with Gasteiger partial charge in [-0.1, -0.05) is 47.5 Å². The normalized spacial score (nSPS) is 33.1. The van der Waals surface area contributed by atoms with Crippen molar-refractivity contribution in [3.8, 4) is 0 Å². The molecule has 2 unspecified atom stereocenters. The minimum Gasteiger partial charge on any atom is -0.394 e. The first-order chi connectivity index (χ1) is 13.5. The highest BCUT2D eigenvalue weighted by molar-refractivity contribution is 6.30. The zero-order valence-corrected chi connectivity index (χ0v) is 16.3. The summed E-state index contributed by atoms with van der Waals surface area (Å²) in [6.45, 7) is -0.214. The summed E-state index contributed by atoms with van der Waals surface area (Å²) >= 11 is 12.1. The molecule has 2 aromatic rings. The topological polar surface area (TPSA) is 77.4 Å². The monoisotopic (exact) mass is 426 g/mol. The van der Waals surface area contributed by atoms with E-state index < -0.39 is 43.6 Å². The summed E-state index contributed by atoms with van der Waals surface area (Å²) in [5, 5.41) is 21.6. The van der Waals surface area contributed by atoms with E-state index >= 15 is 0 Å². The SMILES string of the molecule is OC[C@@H]1OC(c2cccc(Cl)c2)O[C@@H]2COC(c3cccc(Cl)c3)O[C@@H]2[C@H]1O. The van der Waals surface area contributed by atoms with E-state index in [-0.39, 0.29) is 6.61 Å². The van der Waals surface area contributed by atoms with Crippen LogP contribution in [0.5, 0.6) is 0 Å². The molecule has 2 aliphatic heterocycles. The number of aliphatic hydroxyl groups is 2. The number of benzene rings is 2. The van der Waals surface area contributed by atoms with Gasteiger partial charge in [0, 0.05) is 21.2 Å². The number of fused-ring (bicyclic) bond motifs is 1. The molecular formula is C20H20Cl2O6. The predicted octanol–water partition coefficient (Wildman–Crippen LogP) is 3.24. The van der Waals surface area contributed by atoms with E-state index in [1.165, 1.54) is 0 Å². The van der Waals surface area contributed by atoms with Gasteiger partial charge < -0.3 is 29.2 Å². The van der Waals surface area contributed by atoms with Gasteiger partial charge in [-0.25, -0.2) is 0 Å². The Morgan fingerprint density at radius 3 is 2.14 bits per heavy atom. The van der Waals surface area contributed by atoms with E-state index in [1.807, 2.05) is 6.07 Å². The molecule has 150 valence electrons. The van der Waals surface area contributed by atoms with Crippen LogP contribution >= 0.6 is 23.2 Å². The lowest BCUT2D eigenvalue weighted by Crippen LogP contribution is -2.51. The van der Waals surface area contributed by atoms with Crippen LogP contribution in [0.15, 0.2) is 48.5 Å². The Kier molecular flexibility index (Phi) is 6.20.